The molecule has 84 valence electrons. The van der Waals surface area contributed by atoms with Crippen molar-refractivity contribution in [3.8, 4) is 5.75 Å². The Labute approximate surface area is 99.7 Å². The topological polar surface area (TPSA) is 35.2 Å². The maximum absolute atomic E-state index is 5.72. The highest BCUT2D eigenvalue weighted by atomic mass is 32.1. The first-order chi connectivity index (χ1) is 7.75. The smallest absolute Gasteiger partial charge is 0.124 e. The van der Waals surface area contributed by atoms with Crippen molar-refractivity contribution in [3.05, 3.63) is 46.2 Å². The summed E-state index contributed by atoms with van der Waals surface area (Å²) in [4.78, 5) is 1.35. The quantitative estimate of drug-likeness (QED) is 0.823. The van der Waals surface area contributed by atoms with Crippen molar-refractivity contribution in [2.24, 2.45) is 0 Å². The van der Waals surface area contributed by atoms with Gasteiger partial charge in [0, 0.05) is 23.1 Å². The van der Waals surface area contributed by atoms with Crippen LogP contribution in [-0.2, 0) is 6.42 Å². The number of nitrogen functional groups attached to an aromatic ring is 1. The van der Waals surface area contributed by atoms with Crippen molar-refractivity contribution < 1.29 is 4.74 Å². The van der Waals surface area contributed by atoms with Gasteiger partial charge in [0.2, 0.25) is 0 Å². The molecule has 2 N–H and O–H groups in total. The SMILES string of the molecule is Cc1ccc(N)cc1OCCc1cccs1. The number of anilines is 1. The van der Waals surface area contributed by atoms with Gasteiger partial charge < -0.3 is 10.5 Å². The number of nitrogens with two attached hydrogens (primary N) is 1. The molecule has 0 fully saturated rings. The molecule has 2 aromatic rings. The van der Waals surface area contributed by atoms with E-state index in [0.717, 1.165) is 23.4 Å². The molecule has 0 radical (unpaired) electrons. The zero-order valence-electron chi connectivity index (χ0n) is 9.27. The summed E-state index contributed by atoms with van der Waals surface area (Å²) >= 11 is 1.76. The molecule has 0 spiro atoms. The molecule has 0 unspecified atom stereocenters. The molecule has 0 aliphatic heterocycles. The van der Waals surface area contributed by atoms with Crippen molar-refractivity contribution in [1.29, 1.82) is 0 Å². The zero-order valence-corrected chi connectivity index (χ0v) is 10.1. The molecule has 0 atom stereocenters. The summed E-state index contributed by atoms with van der Waals surface area (Å²) in [7, 11) is 0. The summed E-state index contributed by atoms with van der Waals surface area (Å²) in [5, 5.41) is 2.08. The summed E-state index contributed by atoms with van der Waals surface area (Å²) < 4.78 is 5.72. The number of thiophene rings is 1. The lowest BCUT2D eigenvalue weighted by Crippen LogP contribution is -2.01. The van der Waals surface area contributed by atoms with Crippen LogP contribution in [0.5, 0.6) is 5.75 Å². The average molecular weight is 233 g/mol. The van der Waals surface area contributed by atoms with E-state index in [1.54, 1.807) is 11.3 Å². The first kappa shape index (κ1) is 11.0. The van der Waals surface area contributed by atoms with Gasteiger partial charge in [0.1, 0.15) is 5.75 Å². The highest BCUT2D eigenvalue weighted by Gasteiger charge is 2.00. The summed E-state index contributed by atoms with van der Waals surface area (Å²) in [6, 6.07) is 9.94. The number of rotatable bonds is 4. The lowest BCUT2D eigenvalue weighted by atomic mass is 10.2. The van der Waals surface area contributed by atoms with Gasteiger partial charge in [-0.05, 0) is 30.0 Å². The molecule has 2 nitrogen and oxygen atoms in total. The molecule has 0 aliphatic carbocycles. The van der Waals surface area contributed by atoms with Crippen molar-refractivity contribution >= 4 is 17.0 Å². The highest BCUT2D eigenvalue weighted by molar-refractivity contribution is 7.09. The first-order valence-electron chi connectivity index (χ1n) is 5.27. The Balaban J connectivity index is 1.92. The number of aryl methyl sites for hydroxylation is 1. The molecule has 1 aromatic carbocycles. The van der Waals surface area contributed by atoms with Gasteiger partial charge in [0.15, 0.2) is 0 Å². The fourth-order valence-corrected chi connectivity index (χ4v) is 2.18. The van der Waals surface area contributed by atoms with Crippen LogP contribution < -0.4 is 10.5 Å². The van der Waals surface area contributed by atoms with Gasteiger partial charge in [0.25, 0.3) is 0 Å². The van der Waals surface area contributed by atoms with E-state index in [-0.39, 0.29) is 0 Å². The second kappa shape index (κ2) is 5.03. The van der Waals surface area contributed by atoms with E-state index in [0.29, 0.717) is 6.61 Å². The Kier molecular flexibility index (Phi) is 3.47. The van der Waals surface area contributed by atoms with Crippen LogP contribution in [0.3, 0.4) is 0 Å². The molecule has 3 heteroatoms. The highest BCUT2D eigenvalue weighted by Crippen LogP contribution is 2.21. The third-order valence-electron chi connectivity index (χ3n) is 2.40. The second-order valence-electron chi connectivity index (χ2n) is 3.70. The lowest BCUT2D eigenvalue weighted by molar-refractivity contribution is 0.321. The Morgan fingerprint density at radius 1 is 1.31 bits per heavy atom. The minimum atomic E-state index is 0.699. The van der Waals surface area contributed by atoms with E-state index in [4.69, 9.17) is 10.5 Å². The third kappa shape index (κ3) is 2.76. The van der Waals surface area contributed by atoms with E-state index in [1.807, 2.05) is 25.1 Å². The minimum Gasteiger partial charge on any atom is -0.493 e. The maximum Gasteiger partial charge on any atom is 0.124 e. The fraction of sp³-hybridized carbons (Fsp3) is 0.231. The lowest BCUT2D eigenvalue weighted by Gasteiger charge is -2.09. The molecule has 0 saturated carbocycles. The largest absolute Gasteiger partial charge is 0.493 e. The standard InChI is InChI=1S/C13H15NOS/c1-10-4-5-11(14)9-13(10)15-7-6-12-3-2-8-16-12/h2-5,8-9H,6-7,14H2,1H3. The average Bonchev–Trinajstić information content (AvgIpc) is 2.76. The number of hydrogen-bond acceptors (Lipinski definition) is 3. The van der Waals surface area contributed by atoms with Gasteiger partial charge in [-0.15, -0.1) is 11.3 Å². The van der Waals surface area contributed by atoms with E-state index in [9.17, 15) is 0 Å². The van der Waals surface area contributed by atoms with Gasteiger partial charge in [-0.25, -0.2) is 0 Å². The van der Waals surface area contributed by atoms with Crippen LogP contribution in [0.1, 0.15) is 10.4 Å². The van der Waals surface area contributed by atoms with Crippen LogP contribution in [0.25, 0.3) is 0 Å². The van der Waals surface area contributed by atoms with Gasteiger partial charge in [0.05, 0.1) is 6.61 Å². The molecule has 2 rings (SSSR count). The van der Waals surface area contributed by atoms with Gasteiger partial charge in [-0.2, -0.15) is 0 Å². The van der Waals surface area contributed by atoms with Crippen LogP contribution in [0.2, 0.25) is 0 Å². The van der Waals surface area contributed by atoms with Gasteiger partial charge in [-0.1, -0.05) is 12.1 Å². The van der Waals surface area contributed by atoms with Crippen molar-refractivity contribution in [2.45, 2.75) is 13.3 Å². The van der Waals surface area contributed by atoms with E-state index in [2.05, 4.69) is 17.5 Å². The summed E-state index contributed by atoms with van der Waals surface area (Å²) in [5.41, 5.74) is 7.59. The predicted octanol–water partition coefficient (Wildman–Crippen LogP) is 3.26. The monoisotopic (exact) mass is 233 g/mol. The maximum atomic E-state index is 5.72. The zero-order chi connectivity index (χ0) is 11.4. The molecular weight excluding hydrogens is 218 g/mol. The molecule has 0 amide bonds. The summed E-state index contributed by atoms with van der Waals surface area (Å²) in [5.74, 6) is 0.886. The summed E-state index contributed by atoms with van der Waals surface area (Å²) in [6.45, 7) is 2.73. The predicted molar refractivity (Wildman–Crippen MR) is 69.1 cm³/mol. The van der Waals surface area contributed by atoms with E-state index < -0.39 is 0 Å². The molecule has 0 aliphatic rings. The van der Waals surface area contributed by atoms with E-state index in [1.165, 1.54) is 4.88 Å². The Bertz CT molecular complexity index is 451. The molecular formula is C13H15NOS. The van der Waals surface area contributed by atoms with Crippen LogP contribution in [0.4, 0.5) is 5.69 Å². The number of benzene rings is 1. The number of ether oxygens (including phenoxy) is 1. The van der Waals surface area contributed by atoms with Gasteiger partial charge >= 0.3 is 0 Å². The van der Waals surface area contributed by atoms with Crippen molar-refractivity contribution in [3.63, 3.8) is 0 Å². The second-order valence-corrected chi connectivity index (χ2v) is 4.74. The van der Waals surface area contributed by atoms with Crippen LogP contribution in [-0.4, -0.2) is 6.61 Å². The molecule has 1 heterocycles. The number of hydrogen-bond donors (Lipinski definition) is 1. The van der Waals surface area contributed by atoms with Crippen molar-refractivity contribution in [1.82, 2.24) is 0 Å². The normalized spacial score (nSPS) is 10.3. The molecule has 16 heavy (non-hydrogen) atoms. The van der Waals surface area contributed by atoms with Crippen LogP contribution >= 0.6 is 11.3 Å². The molecule has 0 saturated heterocycles. The Hall–Kier alpha value is -1.48. The van der Waals surface area contributed by atoms with Crippen LogP contribution in [0, 0.1) is 6.92 Å². The summed E-state index contributed by atoms with van der Waals surface area (Å²) in [6.07, 6.45) is 0.950. The fourth-order valence-electron chi connectivity index (χ4n) is 1.49. The molecule has 0 bridgehead atoms. The molecule has 1 aromatic heterocycles. The van der Waals surface area contributed by atoms with Crippen LogP contribution in [0.15, 0.2) is 35.7 Å². The Morgan fingerprint density at radius 3 is 2.94 bits per heavy atom. The van der Waals surface area contributed by atoms with E-state index >= 15 is 0 Å². The minimum absolute atomic E-state index is 0.699. The Morgan fingerprint density at radius 2 is 2.19 bits per heavy atom. The third-order valence-corrected chi connectivity index (χ3v) is 3.33. The first-order valence-corrected chi connectivity index (χ1v) is 6.15. The van der Waals surface area contributed by atoms with Crippen molar-refractivity contribution in [2.75, 3.05) is 12.3 Å². The van der Waals surface area contributed by atoms with Gasteiger partial charge in [-0.3, -0.25) is 0 Å².